The number of hydrogen-bond acceptors (Lipinski definition) is 2. The maximum absolute atomic E-state index is 10.2. The quantitative estimate of drug-likeness (QED) is 0.433. The molecule has 2 N–H and O–H groups in total. The molecular weight excluding hydrogens is 408 g/mol. The first-order valence-corrected chi connectivity index (χ1v) is 13.4. The molecule has 0 aromatic rings. The van der Waals surface area contributed by atoms with Crippen molar-refractivity contribution in [3.8, 4) is 0 Å². The highest BCUT2D eigenvalue weighted by molar-refractivity contribution is 5.62. The van der Waals surface area contributed by atoms with E-state index in [0.717, 1.165) is 43.4 Å². The molecule has 3 heteroatoms. The normalized spacial score (nSPS) is 39.4. The van der Waals surface area contributed by atoms with Gasteiger partial charge in [0.2, 0.25) is 0 Å². The predicted molar refractivity (Wildman–Crippen MR) is 137 cm³/mol. The highest BCUT2D eigenvalue weighted by Crippen LogP contribution is 2.65. The second-order valence-corrected chi connectivity index (χ2v) is 12.4. The van der Waals surface area contributed by atoms with Crippen LogP contribution < -0.4 is 0 Å². The number of carboxylic acids is 1. The number of aliphatic hydroxyl groups excluding tert-OH is 1. The van der Waals surface area contributed by atoms with Crippen LogP contribution in [0.15, 0.2) is 35.5 Å². The highest BCUT2D eigenvalue weighted by atomic mass is 16.4. The Morgan fingerprint density at radius 1 is 1.00 bits per heavy atom. The molecule has 4 aliphatic rings. The van der Waals surface area contributed by atoms with Crippen molar-refractivity contribution >= 4 is 5.97 Å². The van der Waals surface area contributed by atoms with E-state index in [4.69, 9.17) is 9.90 Å². The van der Waals surface area contributed by atoms with Gasteiger partial charge < -0.3 is 10.2 Å². The van der Waals surface area contributed by atoms with Crippen molar-refractivity contribution in [1.82, 2.24) is 0 Å². The van der Waals surface area contributed by atoms with E-state index in [-0.39, 0.29) is 6.10 Å². The number of carbonyl (C=O) groups is 1. The first-order valence-electron chi connectivity index (χ1n) is 13.4. The summed E-state index contributed by atoms with van der Waals surface area (Å²) in [7, 11) is 0. The van der Waals surface area contributed by atoms with Crippen molar-refractivity contribution in [2.45, 2.75) is 99.5 Å². The second kappa shape index (κ2) is 10.1. The topological polar surface area (TPSA) is 57.5 Å². The van der Waals surface area contributed by atoms with Gasteiger partial charge in [0.05, 0.1) is 6.10 Å². The number of fused-ring (bicyclic) bond motifs is 5. The van der Waals surface area contributed by atoms with E-state index in [1.54, 1.807) is 5.57 Å². The Morgan fingerprint density at radius 2 is 1.67 bits per heavy atom. The number of aliphatic hydroxyl groups is 1. The van der Waals surface area contributed by atoms with Crippen LogP contribution in [-0.2, 0) is 4.79 Å². The molecule has 0 heterocycles. The Bertz CT molecular complexity index is 801. The van der Waals surface area contributed by atoms with E-state index in [0.29, 0.717) is 22.7 Å². The Hall–Kier alpha value is -1.35. The highest BCUT2D eigenvalue weighted by Gasteiger charge is 2.56. The first kappa shape index (κ1) is 26.3. The minimum absolute atomic E-state index is 0.116. The van der Waals surface area contributed by atoms with Crippen LogP contribution in [-0.4, -0.2) is 22.3 Å². The van der Waals surface area contributed by atoms with Crippen LogP contribution in [0.2, 0.25) is 0 Å². The fourth-order valence-electron chi connectivity index (χ4n) is 7.59. The monoisotopic (exact) mass is 456 g/mol. The predicted octanol–water partition coefficient (Wildman–Crippen LogP) is 7.42. The maximum Gasteiger partial charge on any atom is 0.300 e. The Balaban J connectivity index is 0.000000709. The zero-order valence-electron chi connectivity index (χ0n) is 22.1. The number of allylic oxidation sites excluding steroid dienone is 5. The van der Waals surface area contributed by atoms with Crippen LogP contribution in [0.4, 0.5) is 0 Å². The van der Waals surface area contributed by atoms with E-state index in [9.17, 15) is 5.11 Å². The molecule has 186 valence electrons. The summed E-state index contributed by atoms with van der Waals surface area (Å²) in [5.74, 6) is 3.55. The summed E-state index contributed by atoms with van der Waals surface area (Å²) in [5.41, 5.74) is 4.07. The molecule has 33 heavy (non-hydrogen) atoms. The summed E-state index contributed by atoms with van der Waals surface area (Å²) >= 11 is 0. The van der Waals surface area contributed by atoms with Crippen molar-refractivity contribution < 1.29 is 15.0 Å². The molecule has 3 fully saturated rings. The Morgan fingerprint density at radius 3 is 2.30 bits per heavy atom. The van der Waals surface area contributed by atoms with Crippen LogP contribution in [0, 0.1) is 46.3 Å². The van der Waals surface area contributed by atoms with Gasteiger partial charge in [0, 0.05) is 6.92 Å². The third kappa shape index (κ3) is 5.19. The molecule has 0 aliphatic heterocycles. The molecule has 4 rings (SSSR count). The van der Waals surface area contributed by atoms with Crippen molar-refractivity contribution in [3.05, 3.63) is 35.5 Å². The van der Waals surface area contributed by atoms with E-state index in [1.165, 1.54) is 37.7 Å². The fourth-order valence-corrected chi connectivity index (χ4v) is 7.59. The first-order chi connectivity index (χ1) is 15.4. The van der Waals surface area contributed by atoms with Gasteiger partial charge in [-0.25, -0.2) is 0 Å². The van der Waals surface area contributed by atoms with Crippen LogP contribution in [0.3, 0.4) is 0 Å². The van der Waals surface area contributed by atoms with Crippen molar-refractivity contribution in [2.24, 2.45) is 46.3 Å². The number of rotatable bonds is 4. The number of aliphatic carboxylic acids is 1. The molecule has 0 spiro atoms. The van der Waals surface area contributed by atoms with Crippen molar-refractivity contribution in [1.29, 1.82) is 0 Å². The maximum atomic E-state index is 10.2. The largest absolute Gasteiger partial charge is 0.481 e. The number of carboxylic acid groups (broad SMARTS) is 1. The summed E-state index contributed by atoms with van der Waals surface area (Å²) < 4.78 is 0. The zero-order valence-corrected chi connectivity index (χ0v) is 22.1. The van der Waals surface area contributed by atoms with Gasteiger partial charge >= 0.3 is 0 Å². The lowest BCUT2D eigenvalue weighted by molar-refractivity contribution is -0.134. The average Bonchev–Trinajstić information content (AvgIpc) is 3.09. The van der Waals surface area contributed by atoms with Crippen molar-refractivity contribution in [3.63, 3.8) is 0 Å². The van der Waals surface area contributed by atoms with Gasteiger partial charge in [-0.05, 0) is 91.3 Å². The van der Waals surface area contributed by atoms with Gasteiger partial charge in [0.15, 0.2) is 0 Å². The molecule has 0 amide bonds. The summed E-state index contributed by atoms with van der Waals surface area (Å²) in [4.78, 5) is 9.00. The minimum Gasteiger partial charge on any atom is -0.481 e. The molecule has 3 nitrogen and oxygen atoms in total. The molecular formula is C30H48O3. The van der Waals surface area contributed by atoms with Gasteiger partial charge in [0.1, 0.15) is 0 Å². The molecule has 0 aromatic carbocycles. The molecule has 4 aliphatic carbocycles. The smallest absolute Gasteiger partial charge is 0.300 e. The molecule has 3 saturated carbocycles. The Kier molecular flexibility index (Phi) is 8.04. The van der Waals surface area contributed by atoms with Crippen LogP contribution in [0.5, 0.6) is 0 Å². The summed E-state index contributed by atoms with van der Waals surface area (Å²) in [6.45, 7) is 15.7. The van der Waals surface area contributed by atoms with Gasteiger partial charge in [-0.1, -0.05) is 77.0 Å². The standard InChI is InChI=1S/C28H44O.C2H4O2/c1-18(2)19(3)7-8-20(4)24-11-12-25-23-10-9-21-17-22(29)13-15-27(21,5)26(23)14-16-28(24,25)6;1-2(3)4/h7-10,18-20,22,24-26,29H,11-17H2,1-6H3;1H3,(H,3,4)/t19-,20+,22-,24+,25-,26+,27+,28+;/m0./s1. The van der Waals surface area contributed by atoms with Crippen molar-refractivity contribution in [2.75, 3.05) is 0 Å². The van der Waals surface area contributed by atoms with E-state index >= 15 is 0 Å². The third-order valence-electron chi connectivity index (χ3n) is 10.0. The number of hydrogen-bond donors (Lipinski definition) is 2. The van der Waals surface area contributed by atoms with Gasteiger partial charge in [0.25, 0.3) is 5.97 Å². The molecule has 0 saturated heterocycles. The molecule has 0 bridgehead atoms. The summed E-state index contributed by atoms with van der Waals surface area (Å²) in [6.07, 6.45) is 18.4. The SMILES string of the molecule is CC(=O)O.CC(C)[C@@H](C)C=C[C@@H](C)[C@H]1CC[C@H]2C3=CC=C4C[C@@H](O)CC[C@@]4(C)[C@@H]3CC[C@]12C. The molecule has 8 atom stereocenters. The average molecular weight is 457 g/mol. The van der Waals surface area contributed by atoms with Crippen LogP contribution >= 0.6 is 0 Å². The summed E-state index contributed by atoms with van der Waals surface area (Å²) in [6, 6.07) is 0. The molecule has 0 aromatic heterocycles. The second-order valence-electron chi connectivity index (χ2n) is 12.4. The van der Waals surface area contributed by atoms with Gasteiger partial charge in [-0.3, -0.25) is 4.79 Å². The minimum atomic E-state index is -0.833. The van der Waals surface area contributed by atoms with Crippen LogP contribution in [0.25, 0.3) is 0 Å². The lowest BCUT2D eigenvalue weighted by Crippen LogP contribution is -2.46. The van der Waals surface area contributed by atoms with E-state index in [1.807, 2.05) is 0 Å². The van der Waals surface area contributed by atoms with E-state index < -0.39 is 5.97 Å². The van der Waals surface area contributed by atoms with Crippen LogP contribution in [0.1, 0.15) is 93.4 Å². The lowest BCUT2D eigenvalue weighted by Gasteiger charge is -2.55. The fraction of sp³-hybridized carbons (Fsp3) is 0.767. The lowest BCUT2D eigenvalue weighted by atomic mass is 9.50. The third-order valence-corrected chi connectivity index (χ3v) is 10.0. The van der Waals surface area contributed by atoms with Gasteiger partial charge in [-0.15, -0.1) is 0 Å². The summed E-state index contributed by atoms with van der Waals surface area (Å²) in [5, 5.41) is 17.6. The molecule has 0 radical (unpaired) electrons. The van der Waals surface area contributed by atoms with Gasteiger partial charge in [-0.2, -0.15) is 0 Å². The molecule has 0 unspecified atom stereocenters. The zero-order chi connectivity index (χ0) is 24.6. The van der Waals surface area contributed by atoms with E-state index in [2.05, 4.69) is 65.8 Å². The Labute approximate surface area is 202 Å².